The molecule has 4 rings (SSSR count). The summed E-state index contributed by atoms with van der Waals surface area (Å²) >= 11 is 0. The Bertz CT molecular complexity index is 796. The van der Waals surface area contributed by atoms with Crippen molar-refractivity contribution < 1.29 is 14.6 Å². The third-order valence-corrected chi connectivity index (χ3v) is 10.9. The summed E-state index contributed by atoms with van der Waals surface area (Å²) in [6, 6.07) is 0. The Morgan fingerprint density at radius 2 is 1.70 bits per heavy atom. The lowest BCUT2D eigenvalue weighted by molar-refractivity contribution is -0.155. The van der Waals surface area contributed by atoms with E-state index >= 15 is 0 Å². The Morgan fingerprint density at radius 1 is 1.03 bits per heavy atom. The molecule has 33 heavy (non-hydrogen) atoms. The van der Waals surface area contributed by atoms with Crippen LogP contribution in [0.2, 0.25) is 0 Å². The van der Waals surface area contributed by atoms with Gasteiger partial charge < -0.3 is 9.84 Å². The lowest BCUT2D eigenvalue weighted by atomic mass is 9.47. The van der Waals surface area contributed by atoms with Crippen molar-refractivity contribution in [2.45, 2.75) is 106 Å². The topological polar surface area (TPSA) is 46.5 Å². The van der Waals surface area contributed by atoms with E-state index in [9.17, 15) is 9.90 Å². The van der Waals surface area contributed by atoms with Crippen molar-refractivity contribution in [2.24, 2.45) is 52.3 Å². The highest BCUT2D eigenvalue weighted by Crippen LogP contribution is 2.66. The van der Waals surface area contributed by atoms with Gasteiger partial charge in [0.05, 0.1) is 6.10 Å². The molecule has 0 aromatic rings. The fourth-order valence-corrected chi connectivity index (χ4v) is 8.49. The molecule has 4 aliphatic carbocycles. The van der Waals surface area contributed by atoms with Gasteiger partial charge in [0.1, 0.15) is 6.10 Å². The molecule has 0 radical (unpaired) electrons. The van der Waals surface area contributed by atoms with Gasteiger partial charge in [0, 0.05) is 6.92 Å². The van der Waals surface area contributed by atoms with Gasteiger partial charge in [-0.15, -0.1) is 0 Å². The van der Waals surface area contributed by atoms with Crippen molar-refractivity contribution in [3.05, 3.63) is 23.8 Å². The molecule has 3 saturated carbocycles. The van der Waals surface area contributed by atoms with Gasteiger partial charge >= 0.3 is 5.97 Å². The largest absolute Gasteiger partial charge is 0.463 e. The molecule has 0 saturated heterocycles. The summed E-state index contributed by atoms with van der Waals surface area (Å²) in [6.07, 6.45) is 14.7. The first-order chi connectivity index (χ1) is 15.5. The molecule has 0 aromatic carbocycles. The molecule has 2 unspecified atom stereocenters. The first-order valence-corrected chi connectivity index (χ1v) is 13.7. The highest BCUT2D eigenvalue weighted by Gasteiger charge is 2.59. The average molecular weight is 457 g/mol. The van der Waals surface area contributed by atoms with Gasteiger partial charge in [0.2, 0.25) is 0 Å². The fraction of sp³-hybridized carbons (Fsp3) is 0.833. The maximum atomic E-state index is 11.5. The zero-order valence-corrected chi connectivity index (χ0v) is 22.1. The van der Waals surface area contributed by atoms with Crippen LogP contribution in [0, 0.1) is 52.3 Å². The highest BCUT2D eigenvalue weighted by molar-refractivity contribution is 5.66. The van der Waals surface area contributed by atoms with Crippen LogP contribution in [-0.4, -0.2) is 23.3 Å². The second-order valence-corrected chi connectivity index (χ2v) is 13.0. The van der Waals surface area contributed by atoms with Gasteiger partial charge in [-0.25, -0.2) is 0 Å². The maximum absolute atomic E-state index is 11.5. The standard InChI is InChI=1S/C30H48O3/c1-18(2)19(3)8-9-20(4)24-10-11-25-23-17-28(32)27-16-22(33-21(5)31)12-14-30(27,7)26(23)13-15-29(24,25)6/h8-9,17-20,22,24-28,32H,10-16H2,1-7H3/b9-8+/t19-,20+,22-,24+,25-,26?,27?,28-,29+,30+/m0/s1. The van der Waals surface area contributed by atoms with Crippen LogP contribution in [0.4, 0.5) is 0 Å². The van der Waals surface area contributed by atoms with Crippen molar-refractivity contribution in [2.75, 3.05) is 0 Å². The third-order valence-electron chi connectivity index (χ3n) is 10.9. The van der Waals surface area contributed by atoms with Gasteiger partial charge in [0.25, 0.3) is 0 Å². The summed E-state index contributed by atoms with van der Waals surface area (Å²) in [7, 11) is 0. The molecule has 0 heterocycles. The summed E-state index contributed by atoms with van der Waals surface area (Å²) in [4.78, 5) is 11.5. The monoisotopic (exact) mass is 456 g/mol. The smallest absolute Gasteiger partial charge is 0.302 e. The lowest BCUT2D eigenvalue weighted by Crippen LogP contribution is -2.54. The molecule has 186 valence electrons. The van der Waals surface area contributed by atoms with Gasteiger partial charge in [-0.1, -0.05) is 65.3 Å². The Balaban J connectivity index is 1.55. The summed E-state index contributed by atoms with van der Waals surface area (Å²) in [5.41, 5.74) is 2.04. The van der Waals surface area contributed by atoms with Crippen molar-refractivity contribution >= 4 is 5.97 Å². The zero-order chi connectivity index (χ0) is 24.1. The number of hydrogen-bond acceptors (Lipinski definition) is 3. The summed E-state index contributed by atoms with van der Waals surface area (Å²) in [5.74, 6) is 3.84. The van der Waals surface area contributed by atoms with Crippen LogP contribution >= 0.6 is 0 Å². The minimum Gasteiger partial charge on any atom is -0.463 e. The van der Waals surface area contributed by atoms with Crippen molar-refractivity contribution in [1.29, 1.82) is 0 Å². The summed E-state index contributed by atoms with van der Waals surface area (Å²) < 4.78 is 5.57. The molecule has 0 aliphatic heterocycles. The van der Waals surface area contributed by atoms with Gasteiger partial charge in [0.15, 0.2) is 0 Å². The second kappa shape index (κ2) is 9.17. The molecule has 4 aliphatic rings. The molecule has 0 amide bonds. The van der Waals surface area contributed by atoms with E-state index in [0.717, 1.165) is 25.2 Å². The van der Waals surface area contributed by atoms with E-state index in [4.69, 9.17) is 4.74 Å². The van der Waals surface area contributed by atoms with Gasteiger partial charge in [-0.05, 0) is 97.2 Å². The summed E-state index contributed by atoms with van der Waals surface area (Å²) in [5, 5.41) is 11.3. The molecule has 1 N–H and O–H groups in total. The number of fused-ring (bicyclic) bond motifs is 5. The van der Waals surface area contributed by atoms with E-state index in [1.54, 1.807) is 5.57 Å². The van der Waals surface area contributed by atoms with E-state index in [1.165, 1.54) is 32.6 Å². The number of carbonyl (C=O) groups excluding carboxylic acids is 1. The van der Waals surface area contributed by atoms with Crippen LogP contribution < -0.4 is 0 Å². The average Bonchev–Trinajstić information content (AvgIpc) is 3.10. The van der Waals surface area contributed by atoms with E-state index in [1.807, 2.05) is 0 Å². The molecular weight excluding hydrogens is 408 g/mol. The number of aliphatic hydroxyl groups is 1. The van der Waals surface area contributed by atoms with Crippen LogP contribution in [0.3, 0.4) is 0 Å². The number of hydrogen-bond donors (Lipinski definition) is 1. The van der Waals surface area contributed by atoms with Crippen molar-refractivity contribution in [3.63, 3.8) is 0 Å². The van der Waals surface area contributed by atoms with Crippen LogP contribution in [-0.2, 0) is 9.53 Å². The minimum atomic E-state index is -0.412. The van der Waals surface area contributed by atoms with Crippen LogP contribution in [0.25, 0.3) is 0 Å². The second-order valence-electron chi connectivity index (χ2n) is 13.0. The maximum Gasteiger partial charge on any atom is 0.302 e. The first kappa shape index (κ1) is 25.0. The molecule has 0 bridgehead atoms. The van der Waals surface area contributed by atoms with Gasteiger partial charge in [-0.3, -0.25) is 4.79 Å². The molecule has 3 fully saturated rings. The van der Waals surface area contributed by atoms with Gasteiger partial charge in [-0.2, -0.15) is 0 Å². The number of esters is 1. The lowest BCUT2D eigenvalue weighted by Gasteiger charge is -2.58. The van der Waals surface area contributed by atoms with Crippen molar-refractivity contribution in [1.82, 2.24) is 0 Å². The normalized spacial score (nSPS) is 44.6. The fourth-order valence-electron chi connectivity index (χ4n) is 8.49. The SMILES string of the molecule is CC(=O)O[C@H]1CC[C@]2(C)C3CC[C@]4(C)[C@@H]([C@H](C)/C=C/[C@H](C)C(C)C)CC[C@H]4C3=C[C@H](O)C2C1. The molecular formula is C30H48O3. The summed E-state index contributed by atoms with van der Waals surface area (Å²) in [6.45, 7) is 15.9. The van der Waals surface area contributed by atoms with Crippen LogP contribution in [0.15, 0.2) is 23.8 Å². The minimum absolute atomic E-state index is 0.0317. The predicted octanol–water partition coefficient (Wildman–Crippen LogP) is 6.95. The zero-order valence-electron chi connectivity index (χ0n) is 22.1. The number of ether oxygens (including phenoxy) is 1. The molecule has 10 atom stereocenters. The number of carbonyl (C=O) groups is 1. The molecule has 3 heteroatoms. The van der Waals surface area contributed by atoms with Crippen molar-refractivity contribution in [3.8, 4) is 0 Å². The Kier molecular flexibility index (Phi) is 6.95. The van der Waals surface area contributed by atoms with E-state index in [-0.39, 0.29) is 23.4 Å². The Morgan fingerprint density at radius 3 is 2.36 bits per heavy atom. The number of allylic oxidation sites excluding steroid dienone is 3. The third kappa shape index (κ3) is 4.37. The van der Waals surface area contributed by atoms with E-state index in [0.29, 0.717) is 35.0 Å². The highest BCUT2D eigenvalue weighted by atomic mass is 16.5. The predicted molar refractivity (Wildman–Crippen MR) is 134 cm³/mol. The van der Waals surface area contributed by atoms with Crippen LogP contribution in [0.1, 0.15) is 93.4 Å². The first-order valence-electron chi connectivity index (χ1n) is 13.7. The van der Waals surface area contributed by atoms with E-state index < -0.39 is 6.10 Å². The molecule has 0 spiro atoms. The number of aliphatic hydroxyl groups excluding tert-OH is 1. The van der Waals surface area contributed by atoms with Crippen LogP contribution in [0.5, 0.6) is 0 Å². The molecule has 0 aromatic heterocycles. The Labute approximate surface area is 202 Å². The van der Waals surface area contributed by atoms with E-state index in [2.05, 4.69) is 59.8 Å². The quantitative estimate of drug-likeness (QED) is 0.359. The Hall–Kier alpha value is -1.09. The number of rotatable bonds is 5. The molecule has 3 nitrogen and oxygen atoms in total.